The molecule has 31 heavy (non-hydrogen) atoms. The minimum Gasteiger partial charge on any atom is -0.481 e. The summed E-state index contributed by atoms with van der Waals surface area (Å²) in [6.07, 6.45) is -4.53. The molecule has 0 aliphatic carbocycles. The Morgan fingerprint density at radius 1 is 1.19 bits per heavy atom. The molecule has 2 amide bonds. The number of hydroxylamine groups is 2. The van der Waals surface area contributed by atoms with Crippen molar-refractivity contribution in [1.29, 1.82) is 0 Å². The van der Waals surface area contributed by atoms with Gasteiger partial charge in [0.15, 0.2) is 0 Å². The van der Waals surface area contributed by atoms with Gasteiger partial charge in [-0.2, -0.15) is 18.2 Å². The molecule has 0 aromatic heterocycles. The molecule has 2 aromatic carbocycles. The average molecular weight is 432 g/mol. The quantitative estimate of drug-likeness (QED) is 0.445. The summed E-state index contributed by atoms with van der Waals surface area (Å²) in [5, 5.41) is 10.6. The van der Waals surface area contributed by atoms with Crippen molar-refractivity contribution in [2.75, 3.05) is 0 Å². The van der Waals surface area contributed by atoms with Crippen molar-refractivity contribution >= 4 is 18.0 Å². The van der Waals surface area contributed by atoms with Crippen molar-refractivity contribution < 1.29 is 32.7 Å². The summed E-state index contributed by atoms with van der Waals surface area (Å²) in [7, 11) is 0. The second-order valence-electron chi connectivity index (χ2n) is 7.92. The number of ether oxygens (including phenoxy) is 1. The third-order valence-electron chi connectivity index (χ3n) is 5.55. The first-order valence-corrected chi connectivity index (χ1v) is 9.45. The topological polar surface area (TPSA) is 70.1 Å². The van der Waals surface area contributed by atoms with E-state index in [9.17, 15) is 28.0 Å². The van der Waals surface area contributed by atoms with Crippen LogP contribution >= 0.6 is 0 Å². The number of alkyl halides is 3. The van der Waals surface area contributed by atoms with Crippen LogP contribution < -0.4 is 4.74 Å². The smallest absolute Gasteiger partial charge is 0.416 e. The van der Waals surface area contributed by atoms with Crippen LogP contribution in [-0.4, -0.2) is 33.1 Å². The Labute approximate surface area is 176 Å². The van der Waals surface area contributed by atoms with Crippen LogP contribution in [0.15, 0.2) is 42.1 Å². The molecule has 0 unspecified atom stereocenters. The van der Waals surface area contributed by atoms with Crippen molar-refractivity contribution in [2.24, 2.45) is 0 Å². The number of benzene rings is 2. The summed E-state index contributed by atoms with van der Waals surface area (Å²) >= 11 is 0. The Hall–Kier alpha value is -3.33. The maximum Gasteiger partial charge on any atom is 0.416 e. The van der Waals surface area contributed by atoms with Gasteiger partial charge in [-0.3, -0.25) is 14.8 Å². The number of amides is 2. The van der Waals surface area contributed by atoms with Crippen LogP contribution in [0.5, 0.6) is 5.75 Å². The van der Waals surface area contributed by atoms with Gasteiger partial charge in [-0.1, -0.05) is 18.2 Å². The summed E-state index contributed by atoms with van der Waals surface area (Å²) in [6.45, 7) is 4.46. The molecule has 0 fully saturated rings. The number of nitrogens with zero attached hydrogens (tertiary/aromatic N) is 2. The highest BCUT2D eigenvalue weighted by Gasteiger charge is 2.46. The van der Waals surface area contributed by atoms with Crippen molar-refractivity contribution in [1.82, 2.24) is 9.96 Å². The summed E-state index contributed by atoms with van der Waals surface area (Å²) < 4.78 is 46.8. The van der Waals surface area contributed by atoms with Crippen molar-refractivity contribution in [3.8, 4) is 5.75 Å². The molecule has 0 radical (unpaired) electrons. The standard InChI is InChI=1S/C22H19F3N2O4/c1-12-15(22(23,24)25)8-9-16-17(12)18(19(27(30)11-28)21(2,3)31-16)26-10-13-6-4-5-7-14(13)20(26)29/h4-9,11,30H,10H2,1-3H3. The molecular formula is C22H19F3N2O4. The number of fused-ring (bicyclic) bond motifs is 2. The second-order valence-corrected chi connectivity index (χ2v) is 7.92. The molecule has 1 N–H and O–H groups in total. The van der Waals surface area contributed by atoms with Crippen LogP contribution in [0.3, 0.4) is 0 Å². The first-order valence-electron chi connectivity index (χ1n) is 9.45. The van der Waals surface area contributed by atoms with E-state index >= 15 is 0 Å². The van der Waals surface area contributed by atoms with E-state index < -0.39 is 23.2 Å². The molecule has 4 rings (SSSR count). The van der Waals surface area contributed by atoms with Crippen molar-refractivity contribution in [2.45, 2.75) is 39.1 Å². The van der Waals surface area contributed by atoms with E-state index in [0.29, 0.717) is 11.1 Å². The molecule has 2 aromatic rings. The predicted octanol–water partition coefficient (Wildman–Crippen LogP) is 4.36. The highest BCUT2D eigenvalue weighted by Crippen LogP contribution is 2.48. The minimum atomic E-state index is -4.64. The largest absolute Gasteiger partial charge is 0.481 e. The van der Waals surface area contributed by atoms with Gasteiger partial charge in [0.25, 0.3) is 5.91 Å². The van der Waals surface area contributed by atoms with Crippen LogP contribution in [0.25, 0.3) is 5.70 Å². The number of hydrogen-bond donors (Lipinski definition) is 1. The molecule has 0 atom stereocenters. The molecule has 2 aliphatic heterocycles. The third-order valence-corrected chi connectivity index (χ3v) is 5.55. The zero-order valence-electron chi connectivity index (χ0n) is 16.9. The van der Waals surface area contributed by atoms with Gasteiger partial charge in [-0.15, -0.1) is 0 Å². The molecule has 0 spiro atoms. The van der Waals surface area contributed by atoms with E-state index in [1.807, 2.05) is 0 Å². The van der Waals surface area contributed by atoms with Gasteiger partial charge in [0.1, 0.15) is 17.0 Å². The lowest BCUT2D eigenvalue weighted by atomic mass is 9.89. The normalized spacial score (nSPS) is 17.3. The van der Waals surface area contributed by atoms with Gasteiger partial charge >= 0.3 is 6.18 Å². The molecule has 2 aliphatic rings. The minimum absolute atomic E-state index is 0.00523. The monoisotopic (exact) mass is 432 g/mol. The van der Waals surface area contributed by atoms with Gasteiger partial charge < -0.3 is 9.64 Å². The average Bonchev–Trinajstić information content (AvgIpc) is 3.01. The SMILES string of the molecule is Cc1c(C(F)(F)F)ccc2c1C(N1Cc3ccccc3C1=O)=C(N(O)C=O)C(C)(C)O2. The van der Waals surface area contributed by atoms with Crippen LogP contribution in [0.2, 0.25) is 0 Å². The van der Waals surface area contributed by atoms with Crippen molar-refractivity contribution in [3.05, 3.63) is 69.9 Å². The molecule has 0 saturated heterocycles. The van der Waals surface area contributed by atoms with Gasteiger partial charge in [-0.25, -0.2) is 0 Å². The Kier molecular flexibility index (Phi) is 4.62. The molecule has 0 saturated carbocycles. The Morgan fingerprint density at radius 2 is 1.87 bits per heavy atom. The van der Waals surface area contributed by atoms with Crippen LogP contribution in [0, 0.1) is 6.92 Å². The molecule has 2 heterocycles. The summed E-state index contributed by atoms with van der Waals surface area (Å²) in [5.41, 5.74) is -1.41. The molecule has 6 nitrogen and oxygen atoms in total. The predicted molar refractivity (Wildman–Crippen MR) is 104 cm³/mol. The number of rotatable bonds is 3. The van der Waals surface area contributed by atoms with Gasteiger partial charge in [0, 0.05) is 11.1 Å². The molecular weight excluding hydrogens is 413 g/mol. The Morgan fingerprint density at radius 3 is 2.48 bits per heavy atom. The number of halogens is 3. The molecule has 0 bridgehead atoms. The lowest BCUT2D eigenvalue weighted by Gasteiger charge is -2.41. The fraction of sp³-hybridized carbons (Fsp3) is 0.273. The second kappa shape index (κ2) is 6.84. The van der Waals surface area contributed by atoms with E-state index in [1.165, 1.54) is 17.9 Å². The first-order chi connectivity index (χ1) is 14.5. The van der Waals surface area contributed by atoms with Gasteiger partial charge in [0.05, 0.1) is 17.8 Å². The maximum absolute atomic E-state index is 13.6. The summed E-state index contributed by atoms with van der Waals surface area (Å²) in [5.74, 6) is -0.319. The fourth-order valence-corrected chi connectivity index (χ4v) is 4.23. The number of hydrogen-bond acceptors (Lipinski definition) is 4. The lowest BCUT2D eigenvalue weighted by Crippen LogP contribution is -2.45. The van der Waals surface area contributed by atoms with E-state index in [2.05, 4.69) is 0 Å². The van der Waals surface area contributed by atoms with E-state index in [4.69, 9.17) is 4.74 Å². The maximum atomic E-state index is 13.6. The zero-order valence-corrected chi connectivity index (χ0v) is 16.9. The fourth-order valence-electron chi connectivity index (χ4n) is 4.23. The highest BCUT2D eigenvalue weighted by atomic mass is 19.4. The number of carbonyl (C=O) groups is 2. The van der Waals surface area contributed by atoms with Gasteiger partial charge in [-0.05, 0) is 50.1 Å². The van der Waals surface area contributed by atoms with E-state index in [1.54, 1.807) is 38.1 Å². The number of carbonyl (C=O) groups excluding carboxylic acids is 2. The Bertz CT molecular complexity index is 1140. The molecule has 162 valence electrons. The highest BCUT2D eigenvalue weighted by molar-refractivity contribution is 6.04. The third kappa shape index (κ3) is 3.16. The van der Waals surface area contributed by atoms with Crippen molar-refractivity contribution in [3.63, 3.8) is 0 Å². The van der Waals surface area contributed by atoms with Gasteiger partial charge in [0.2, 0.25) is 6.41 Å². The van der Waals surface area contributed by atoms with Crippen LogP contribution in [0.1, 0.15) is 46.5 Å². The van der Waals surface area contributed by atoms with E-state index in [0.717, 1.165) is 6.07 Å². The Balaban J connectivity index is 2.05. The van der Waals surface area contributed by atoms with E-state index in [-0.39, 0.29) is 46.3 Å². The molecule has 9 heteroatoms. The van der Waals surface area contributed by atoms with Crippen LogP contribution in [-0.2, 0) is 17.5 Å². The lowest BCUT2D eigenvalue weighted by molar-refractivity contribution is -0.147. The summed E-state index contributed by atoms with van der Waals surface area (Å²) in [6, 6.07) is 8.93. The first kappa shape index (κ1) is 20.9. The zero-order chi connectivity index (χ0) is 22.7. The van der Waals surface area contributed by atoms with Crippen LogP contribution in [0.4, 0.5) is 13.2 Å². The summed E-state index contributed by atoms with van der Waals surface area (Å²) in [4.78, 5) is 26.0.